The van der Waals surface area contributed by atoms with Gasteiger partial charge in [-0.05, 0) is 12.1 Å². The molecule has 0 saturated carbocycles. The fourth-order valence-electron chi connectivity index (χ4n) is 1.75. The van der Waals surface area contributed by atoms with E-state index >= 15 is 0 Å². The highest BCUT2D eigenvalue weighted by Gasteiger charge is 2.29. The third kappa shape index (κ3) is 2.13. The Morgan fingerprint density at radius 1 is 1.53 bits per heavy atom. The number of amides is 1. The Labute approximate surface area is 112 Å². The van der Waals surface area contributed by atoms with Crippen molar-refractivity contribution >= 4 is 34.1 Å². The zero-order valence-corrected chi connectivity index (χ0v) is 10.9. The lowest BCUT2D eigenvalue weighted by atomic mass is 10.2. The van der Waals surface area contributed by atoms with Gasteiger partial charge >= 0.3 is 11.6 Å². The van der Waals surface area contributed by atoms with Crippen LogP contribution in [0, 0.1) is 10.1 Å². The molecule has 7 nitrogen and oxygen atoms in total. The number of H-pyrrole nitrogens is 1. The summed E-state index contributed by atoms with van der Waals surface area (Å²) < 4.78 is 0. The molecule has 0 aliphatic heterocycles. The Bertz CT molecular complexity index is 667. The third-order valence-electron chi connectivity index (χ3n) is 2.71. The zero-order chi connectivity index (χ0) is 14.2. The van der Waals surface area contributed by atoms with E-state index in [0.717, 1.165) is 5.06 Å². The van der Waals surface area contributed by atoms with Crippen molar-refractivity contribution in [3.8, 4) is 0 Å². The molecule has 8 heteroatoms. The van der Waals surface area contributed by atoms with Crippen LogP contribution in [0.15, 0.2) is 18.2 Å². The van der Waals surface area contributed by atoms with Crippen molar-refractivity contribution in [3.05, 3.63) is 39.0 Å². The van der Waals surface area contributed by atoms with Gasteiger partial charge in [-0.3, -0.25) is 19.7 Å². The van der Waals surface area contributed by atoms with Gasteiger partial charge < -0.3 is 4.98 Å². The highest BCUT2D eigenvalue weighted by Crippen LogP contribution is 2.34. The van der Waals surface area contributed by atoms with Crippen LogP contribution in [0.2, 0.25) is 5.02 Å². The fraction of sp³-hybridized carbons (Fsp3) is 0.182. The van der Waals surface area contributed by atoms with Crippen LogP contribution in [-0.2, 0) is 4.84 Å². The highest BCUT2D eigenvalue weighted by atomic mass is 35.5. The fourth-order valence-corrected chi connectivity index (χ4v) is 1.97. The van der Waals surface area contributed by atoms with Crippen LogP contribution in [0.1, 0.15) is 10.5 Å². The molecular weight excluding hydrogens is 274 g/mol. The number of fused-ring (bicyclic) bond motifs is 1. The maximum atomic E-state index is 12.0. The Kier molecular flexibility index (Phi) is 3.41. The predicted octanol–water partition coefficient (Wildman–Crippen LogP) is 2.36. The lowest BCUT2D eigenvalue weighted by Crippen LogP contribution is -2.26. The van der Waals surface area contributed by atoms with E-state index in [2.05, 4.69) is 4.98 Å². The number of carbonyl (C=O) groups is 1. The Balaban J connectivity index is 2.74. The van der Waals surface area contributed by atoms with E-state index in [0.29, 0.717) is 10.5 Å². The van der Waals surface area contributed by atoms with Gasteiger partial charge in [0.2, 0.25) is 0 Å². The number of hydrogen-bond donors (Lipinski definition) is 1. The number of carbonyl (C=O) groups excluding carboxylic acids is 1. The van der Waals surface area contributed by atoms with E-state index in [1.165, 1.54) is 20.2 Å². The molecule has 100 valence electrons. The summed E-state index contributed by atoms with van der Waals surface area (Å²) in [6.45, 7) is 0. The van der Waals surface area contributed by atoms with Gasteiger partial charge in [-0.15, -0.1) is 0 Å². The van der Waals surface area contributed by atoms with E-state index in [1.807, 2.05) is 0 Å². The maximum Gasteiger partial charge on any atom is 0.307 e. The third-order valence-corrected chi connectivity index (χ3v) is 3.03. The molecule has 2 rings (SSSR count). The lowest BCUT2D eigenvalue weighted by Gasteiger charge is -2.11. The van der Waals surface area contributed by atoms with E-state index in [4.69, 9.17) is 16.4 Å². The normalized spacial score (nSPS) is 10.7. The van der Waals surface area contributed by atoms with Crippen LogP contribution in [0.4, 0.5) is 5.69 Å². The summed E-state index contributed by atoms with van der Waals surface area (Å²) in [7, 11) is 2.65. The number of nitrogens with zero attached hydrogens (tertiary/aromatic N) is 2. The largest absolute Gasteiger partial charge is 0.343 e. The van der Waals surface area contributed by atoms with Gasteiger partial charge in [0.15, 0.2) is 5.69 Å². The lowest BCUT2D eigenvalue weighted by molar-refractivity contribution is -0.383. The molecule has 1 N–H and O–H groups in total. The van der Waals surface area contributed by atoms with Crippen molar-refractivity contribution in [3.63, 3.8) is 0 Å². The summed E-state index contributed by atoms with van der Waals surface area (Å²) in [5.74, 6) is -0.651. The second kappa shape index (κ2) is 4.87. The molecule has 0 atom stereocenters. The summed E-state index contributed by atoms with van der Waals surface area (Å²) in [5, 5.41) is 12.6. The van der Waals surface area contributed by atoms with Gasteiger partial charge in [0, 0.05) is 7.05 Å². The number of aromatic nitrogens is 1. The van der Waals surface area contributed by atoms with Gasteiger partial charge in [-0.2, -0.15) is 0 Å². The zero-order valence-electron chi connectivity index (χ0n) is 10.1. The molecule has 0 bridgehead atoms. The molecule has 0 aliphatic carbocycles. The monoisotopic (exact) mass is 283 g/mol. The molecule has 1 aromatic carbocycles. The van der Waals surface area contributed by atoms with Gasteiger partial charge in [0.1, 0.15) is 0 Å². The van der Waals surface area contributed by atoms with Crippen molar-refractivity contribution in [2.75, 3.05) is 14.2 Å². The summed E-state index contributed by atoms with van der Waals surface area (Å²) in [4.78, 5) is 30.0. The second-order valence-corrected chi connectivity index (χ2v) is 4.16. The number of benzene rings is 1. The number of hydrogen-bond acceptors (Lipinski definition) is 4. The first-order valence-corrected chi connectivity index (χ1v) is 5.62. The van der Waals surface area contributed by atoms with E-state index in [1.54, 1.807) is 12.1 Å². The highest BCUT2D eigenvalue weighted by molar-refractivity contribution is 6.35. The number of para-hydroxylation sites is 1. The Morgan fingerprint density at radius 2 is 2.21 bits per heavy atom. The number of aromatic amines is 1. The first-order valence-electron chi connectivity index (χ1n) is 5.24. The minimum Gasteiger partial charge on any atom is -0.343 e. The molecule has 0 fully saturated rings. The van der Waals surface area contributed by atoms with Gasteiger partial charge in [0.25, 0.3) is 0 Å². The number of rotatable bonds is 3. The molecule has 0 unspecified atom stereocenters. The summed E-state index contributed by atoms with van der Waals surface area (Å²) >= 11 is 5.96. The average Bonchev–Trinajstić information content (AvgIpc) is 2.77. The van der Waals surface area contributed by atoms with Crippen molar-refractivity contribution < 1.29 is 14.6 Å². The first-order chi connectivity index (χ1) is 8.97. The van der Waals surface area contributed by atoms with Crippen LogP contribution in [0.3, 0.4) is 0 Å². The standard InChI is InChI=1S/C11H10ClN3O4/c1-14(19-2)11(16)9-10(15(17)18)6-4-3-5-7(12)8(6)13-9/h3-5,13H,1-2H3. The number of nitrogens with one attached hydrogen (secondary N) is 1. The second-order valence-electron chi connectivity index (χ2n) is 3.75. The minimum atomic E-state index is -0.651. The molecular formula is C11H10ClN3O4. The van der Waals surface area contributed by atoms with Crippen LogP contribution in [-0.4, -0.2) is 35.0 Å². The molecule has 1 aromatic heterocycles. The Hall–Kier alpha value is -2.12. The van der Waals surface area contributed by atoms with Crippen LogP contribution in [0.5, 0.6) is 0 Å². The van der Waals surface area contributed by atoms with E-state index in [9.17, 15) is 14.9 Å². The summed E-state index contributed by atoms with van der Waals surface area (Å²) in [6.07, 6.45) is 0. The molecule has 1 amide bonds. The number of halogens is 1. The van der Waals surface area contributed by atoms with Crippen LogP contribution >= 0.6 is 11.6 Å². The summed E-state index contributed by atoms with van der Waals surface area (Å²) in [6, 6.07) is 4.69. The SMILES string of the molecule is CON(C)C(=O)c1[nH]c2c(Cl)cccc2c1[N+](=O)[O-]. The number of hydroxylamine groups is 2. The van der Waals surface area contributed by atoms with Gasteiger partial charge in [-0.25, -0.2) is 5.06 Å². The van der Waals surface area contributed by atoms with Gasteiger partial charge in [-0.1, -0.05) is 17.7 Å². The van der Waals surface area contributed by atoms with Crippen molar-refractivity contribution in [1.29, 1.82) is 0 Å². The smallest absolute Gasteiger partial charge is 0.307 e. The van der Waals surface area contributed by atoms with E-state index < -0.39 is 10.8 Å². The minimum absolute atomic E-state index is 0.169. The van der Waals surface area contributed by atoms with Crippen LogP contribution in [0.25, 0.3) is 10.9 Å². The topological polar surface area (TPSA) is 88.5 Å². The van der Waals surface area contributed by atoms with Crippen LogP contribution < -0.4 is 0 Å². The summed E-state index contributed by atoms with van der Waals surface area (Å²) in [5.41, 5.74) is -0.132. The molecule has 0 saturated heterocycles. The quantitative estimate of drug-likeness (QED) is 0.692. The van der Waals surface area contributed by atoms with Crippen molar-refractivity contribution in [2.24, 2.45) is 0 Å². The molecule has 19 heavy (non-hydrogen) atoms. The predicted molar refractivity (Wildman–Crippen MR) is 69.1 cm³/mol. The molecule has 1 heterocycles. The molecule has 2 aromatic rings. The number of nitro groups is 1. The Morgan fingerprint density at radius 3 is 2.79 bits per heavy atom. The first kappa shape index (κ1) is 13.3. The van der Waals surface area contributed by atoms with E-state index in [-0.39, 0.29) is 16.8 Å². The van der Waals surface area contributed by atoms with Gasteiger partial charge in [0.05, 0.1) is 28.0 Å². The maximum absolute atomic E-state index is 12.0. The molecule has 0 spiro atoms. The van der Waals surface area contributed by atoms with Crippen molar-refractivity contribution in [2.45, 2.75) is 0 Å². The molecule has 0 aliphatic rings. The molecule has 0 radical (unpaired) electrons. The average molecular weight is 284 g/mol. The van der Waals surface area contributed by atoms with Crippen molar-refractivity contribution in [1.82, 2.24) is 10.0 Å².